The van der Waals surface area contributed by atoms with Gasteiger partial charge in [-0.15, -0.1) is 0 Å². The number of nitrogens with zero attached hydrogens (tertiary/aromatic N) is 2. The molecule has 1 aliphatic rings. The highest BCUT2D eigenvalue weighted by Gasteiger charge is 2.28. The first-order chi connectivity index (χ1) is 11.6. The number of hydrogen-bond donors (Lipinski definition) is 1. The fourth-order valence-electron chi connectivity index (χ4n) is 2.32. The molecule has 1 aliphatic heterocycles. The maximum atomic E-state index is 12.2. The van der Waals surface area contributed by atoms with Gasteiger partial charge in [-0.05, 0) is 13.0 Å². The minimum absolute atomic E-state index is 0.218. The van der Waals surface area contributed by atoms with E-state index >= 15 is 0 Å². The van der Waals surface area contributed by atoms with Gasteiger partial charge in [-0.1, -0.05) is 6.07 Å². The Labute approximate surface area is 146 Å². The van der Waals surface area contributed by atoms with Gasteiger partial charge in [0.25, 0.3) is 5.69 Å². The Morgan fingerprint density at radius 2 is 2.08 bits per heavy atom. The summed E-state index contributed by atoms with van der Waals surface area (Å²) in [6, 6.07) is 4.54. The first-order valence-electron chi connectivity index (χ1n) is 7.45. The van der Waals surface area contributed by atoms with Gasteiger partial charge < -0.3 is 4.74 Å². The van der Waals surface area contributed by atoms with E-state index < -0.39 is 30.7 Å². The SMILES string of the molecule is CC1CN(S(=O)(=O)CCNS(=O)(=O)c2cccc([N+](=O)[O-])c2)CCO1. The summed E-state index contributed by atoms with van der Waals surface area (Å²) in [5.41, 5.74) is -0.363. The van der Waals surface area contributed by atoms with Gasteiger partial charge in [0.1, 0.15) is 0 Å². The summed E-state index contributed by atoms with van der Waals surface area (Å²) in [7, 11) is -7.67. The maximum absolute atomic E-state index is 12.2. The fourth-order valence-corrected chi connectivity index (χ4v) is 4.93. The topological polar surface area (TPSA) is 136 Å². The van der Waals surface area contributed by atoms with Gasteiger partial charge in [0.15, 0.2) is 0 Å². The molecule has 1 aromatic rings. The second-order valence-corrected chi connectivity index (χ2v) is 9.36. The van der Waals surface area contributed by atoms with E-state index in [9.17, 15) is 26.9 Å². The fraction of sp³-hybridized carbons (Fsp3) is 0.538. The predicted molar refractivity (Wildman–Crippen MR) is 89.1 cm³/mol. The van der Waals surface area contributed by atoms with Crippen molar-refractivity contribution >= 4 is 25.7 Å². The zero-order valence-corrected chi connectivity index (χ0v) is 15.1. The summed E-state index contributed by atoms with van der Waals surface area (Å²) in [6.45, 7) is 2.16. The van der Waals surface area contributed by atoms with Crippen LogP contribution in [-0.4, -0.2) is 64.2 Å². The van der Waals surface area contributed by atoms with Crippen molar-refractivity contribution in [2.45, 2.75) is 17.9 Å². The molecule has 1 N–H and O–H groups in total. The van der Waals surface area contributed by atoms with Crippen molar-refractivity contribution in [3.05, 3.63) is 34.4 Å². The molecule has 1 saturated heterocycles. The third kappa shape index (κ3) is 5.19. The molecule has 1 fully saturated rings. The van der Waals surface area contributed by atoms with Crippen LogP contribution in [0.25, 0.3) is 0 Å². The lowest BCUT2D eigenvalue weighted by Crippen LogP contribution is -2.46. The molecular weight excluding hydrogens is 374 g/mol. The van der Waals surface area contributed by atoms with Crippen molar-refractivity contribution in [1.82, 2.24) is 9.03 Å². The lowest BCUT2D eigenvalue weighted by atomic mass is 10.3. The number of non-ortho nitro benzene ring substituents is 1. The second kappa shape index (κ2) is 7.74. The minimum Gasteiger partial charge on any atom is -0.376 e. The van der Waals surface area contributed by atoms with Crippen molar-refractivity contribution < 1.29 is 26.5 Å². The normalized spacial score (nSPS) is 19.6. The smallest absolute Gasteiger partial charge is 0.270 e. The molecule has 1 heterocycles. The molecule has 1 atom stereocenters. The minimum atomic E-state index is -4.04. The van der Waals surface area contributed by atoms with Gasteiger partial charge in [-0.3, -0.25) is 10.1 Å². The molecule has 0 spiro atoms. The van der Waals surface area contributed by atoms with Crippen molar-refractivity contribution in [3.63, 3.8) is 0 Å². The average Bonchev–Trinajstić information content (AvgIpc) is 2.54. The first-order valence-corrected chi connectivity index (χ1v) is 10.5. The molecule has 2 rings (SSSR count). The number of benzene rings is 1. The Hall–Kier alpha value is -1.60. The van der Waals surface area contributed by atoms with E-state index in [0.717, 1.165) is 6.07 Å². The van der Waals surface area contributed by atoms with Gasteiger partial charge in [-0.2, -0.15) is 4.31 Å². The van der Waals surface area contributed by atoms with E-state index in [4.69, 9.17) is 4.74 Å². The van der Waals surface area contributed by atoms with Crippen molar-refractivity contribution in [2.75, 3.05) is 32.0 Å². The van der Waals surface area contributed by atoms with E-state index in [0.29, 0.717) is 6.61 Å². The molecule has 0 radical (unpaired) electrons. The number of sulfonamides is 2. The third-order valence-electron chi connectivity index (χ3n) is 3.59. The molecule has 140 valence electrons. The van der Waals surface area contributed by atoms with Gasteiger partial charge >= 0.3 is 0 Å². The summed E-state index contributed by atoms with van der Waals surface area (Å²) >= 11 is 0. The number of hydrogen-bond acceptors (Lipinski definition) is 7. The summed E-state index contributed by atoms with van der Waals surface area (Å²) in [5, 5.41) is 10.7. The van der Waals surface area contributed by atoms with Gasteiger partial charge in [0, 0.05) is 31.8 Å². The highest BCUT2D eigenvalue weighted by Crippen LogP contribution is 2.17. The van der Waals surface area contributed by atoms with Crippen LogP contribution in [0.2, 0.25) is 0 Å². The van der Waals surface area contributed by atoms with Crippen LogP contribution in [0.1, 0.15) is 6.92 Å². The van der Waals surface area contributed by atoms with Gasteiger partial charge in [0.2, 0.25) is 20.0 Å². The molecule has 0 bridgehead atoms. The number of morpholine rings is 1. The average molecular weight is 393 g/mol. The summed E-state index contributed by atoms with van der Waals surface area (Å²) < 4.78 is 57.5. The number of ether oxygens (including phenoxy) is 1. The zero-order chi connectivity index (χ0) is 18.7. The van der Waals surface area contributed by atoms with Crippen molar-refractivity contribution in [1.29, 1.82) is 0 Å². The molecule has 12 heteroatoms. The van der Waals surface area contributed by atoms with E-state index in [2.05, 4.69) is 4.72 Å². The maximum Gasteiger partial charge on any atom is 0.270 e. The molecule has 0 aliphatic carbocycles. The number of rotatable bonds is 7. The Morgan fingerprint density at radius 3 is 2.72 bits per heavy atom. The lowest BCUT2D eigenvalue weighted by molar-refractivity contribution is -0.385. The number of nitro groups is 1. The van der Waals surface area contributed by atoms with Crippen LogP contribution in [0, 0.1) is 10.1 Å². The van der Waals surface area contributed by atoms with Crippen LogP contribution in [0.15, 0.2) is 29.2 Å². The Morgan fingerprint density at radius 1 is 1.36 bits per heavy atom. The van der Waals surface area contributed by atoms with Crippen LogP contribution in [0.3, 0.4) is 0 Å². The molecule has 1 unspecified atom stereocenters. The largest absolute Gasteiger partial charge is 0.376 e. The quantitative estimate of drug-likeness (QED) is 0.505. The Kier molecular flexibility index (Phi) is 6.11. The van der Waals surface area contributed by atoms with Crippen LogP contribution >= 0.6 is 0 Å². The van der Waals surface area contributed by atoms with Crippen LogP contribution < -0.4 is 4.72 Å². The van der Waals surface area contributed by atoms with Gasteiger partial charge in [-0.25, -0.2) is 21.6 Å². The van der Waals surface area contributed by atoms with E-state index in [1.165, 1.54) is 22.5 Å². The molecule has 0 saturated carbocycles. The van der Waals surface area contributed by atoms with E-state index in [1.54, 1.807) is 6.92 Å². The molecule has 25 heavy (non-hydrogen) atoms. The summed E-state index contributed by atoms with van der Waals surface area (Å²) in [6.07, 6.45) is -0.218. The van der Waals surface area contributed by atoms with E-state index in [1.807, 2.05) is 0 Å². The Balaban J connectivity index is 2.00. The van der Waals surface area contributed by atoms with Crippen LogP contribution in [0.4, 0.5) is 5.69 Å². The van der Waals surface area contributed by atoms with Gasteiger partial charge in [0.05, 0.1) is 28.3 Å². The Bertz CT molecular complexity index is 839. The molecule has 0 aromatic heterocycles. The molecule has 10 nitrogen and oxygen atoms in total. The summed E-state index contributed by atoms with van der Waals surface area (Å²) in [5.74, 6) is -0.409. The van der Waals surface area contributed by atoms with Crippen molar-refractivity contribution in [3.8, 4) is 0 Å². The number of nitro benzene ring substituents is 1. The predicted octanol–water partition coefficient (Wildman–Crippen LogP) is -0.0764. The number of nitrogens with one attached hydrogen (secondary N) is 1. The van der Waals surface area contributed by atoms with Crippen molar-refractivity contribution in [2.24, 2.45) is 0 Å². The molecule has 1 aromatic carbocycles. The third-order valence-corrected chi connectivity index (χ3v) is 6.89. The molecular formula is C13H19N3O7S2. The van der Waals surface area contributed by atoms with E-state index in [-0.39, 0.29) is 36.3 Å². The zero-order valence-electron chi connectivity index (χ0n) is 13.5. The van der Waals surface area contributed by atoms with Crippen LogP contribution in [-0.2, 0) is 24.8 Å². The lowest BCUT2D eigenvalue weighted by Gasteiger charge is -2.30. The van der Waals surface area contributed by atoms with Crippen LogP contribution in [0.5, 0.6) is 0 Å². The highest BCUT2D eigenvalue weighted by molar-refractivity contribution is 7.90. The second-order valence-electron chi connectivity index (χ2n) is 5.51. The highest BCUT2D eigenvalue weighted by atomic mass is 32.2. The summed E-state index contributed by atoms with van der Waals surface area (Å²) in [4.78, 5) is 9.72. The monoisotopic (exact) mass is 393 g/mol. The standard InChI is InChI=1S/C13H19N3O7S2/c1-11-10-15(6-7-23-11)24(19,20)8-5-14-25(21,22)13-4-2-3-12(9-13)16(17)18/h2-4,9,11,14H,5-8,10H2,1H3. The molecule has 0 amide bonds. The first kappa shape index (κ1) is 19.7.